The fourth-order valence-electron chi connectivity index (χ4n) is 1.93. The molecule has 21 heavy (non-hydrogen) atoms. The van der Waals surface area contributed by atoms with Crippen LogP contribution < -0.4 is 10.1 Å². The number of esters is 1. The van der Waals surface area contributed by atoms with Gasteiger partial charge in [0.25, 0.3) is 5.92 Å². The molecule has 0 aliphatic carbocycles. The number of nitrogens with zero attached hydrogens (tertiary/aromatic N) is 3. The van der Waals surface area contributed by atoms with E-state index in [1.807, 2.05) is 0 Å². The Kier molecular flexibility index (Phi) is 3.11. The first-order chi connectivity index (χ1) is 10.00. The second kappa shape index (κ2) is 4.83. The first-order valence-corrected chi connectivity index (χ1v) is 6.30. The van der Waals surface area contributed by atoms with Gasteiger partial charge in [-0.1, -0.05) is 0 Å². The highest BCUT2D eigenvalue weighted by Gasteiger charge is 2.34. The second-order valence-electron chi connectivity index (χ2n) is 4.50. The quantitative estimate of drug-likeness (QED) is 0.843. The van der Waals surface area contributed by atoms with E-state index >= 15 is 0 Å². The van der Waals surface area contributed by atoms with Gasteiger partial charge in [0.1, 0.15) is 5.56 Å². The molecule has 0 radical (unpaired) electrons. The Bertz CT molecular complexity index is 701. The van der Waals surface area contributed by atoms with Gasteiger partial charge in [0.15, 0.2) is 23.8 Å². The SMILES string of the molecule is CCOC(=O)c1cnn2cc3c(nc12)NCC(F)(F)CO3. The Morgan fingerprint density at radius 3 is 3.19 bits per heavy atom. The fraction of sp³-hybridized carbons (Fsp3) is 0.417. The monoisotopic (exact) mass is 298 g/mol. The second-order valence-corrected chi connectivity index (χ2v) is 4.50. The molecule has 2 aromatic heterocycles. The molecule has 1 aliphatic rings. The molecule has 0 spiro atoms. The van der Waals surface area contributed by atoms with Crippen LogP contribution in [0.2, 0.25) is 0 Å². The van der Waals surface area contributed by atoms with Crippen LogP contribution in [0.15, 0.2) is 12.4 Å². The first-order valence-electron chi connectivity index (χ1n) is 6.30. The lowest BCUT2D eigenvalue weighted by Crippen LogP contribution is -2.31. The maximum Gasteiger partial charge on any atom is 0.343 e. The summed E-state index contributed by atoms with van der Waals surface area (Å²) in [5, 5.41) is 6.47. The van der Waals surface area contributed by atoms with Crippen LogP contribution in [0.1, 0.15) is 17.3 Å². The van der Waals surface area contributed by atoms with Crippen LogP contribution in [0, 0.1) is 0 Å². The average Bonchev–Trinajstić information content (AvgIpc) is 2.78. The van der Waals surface area contributed by atoms with Gasteiger partial charge in [-0.05, 0) is 6.92 Å². The largest absolute Gasteiger partial charge is 0.482 e. The highest BCUT2D eigenvalue weighted by Crippen LogP contribution is 2.29. The van der Waals surface area contributed by atoms with Crippen LogP contribution in [-0.4, -0.2) is 46.2 Å². The number of nitrogens with one attached hydrogen (secondary N) is 1. The van der Waals surface area contributed by atoms with Gasteiger partial charge in [-0.25, -0.2) is 23.1 Å². The lowest BCUT2D eigenvalue weighted by Gasteiger charge is -2.11. The molecule has 0 saturated carbocycles. The molecule has 0 bridgehead atoms. The van der Waals surface area contributed by atoms with Gasteiger partial charge in [0, 0.05) is 0 Å². The standard InChI is InChI=1S/C12H12F2N4O3/c1-2-20-11(19)7-3-16-18-4-8-9(17-10(7)18)15-5-12(13,14)6-21-8/h3-4H,2,5-6H2,1H3,(H,15,17). The van der Waals surface area contributed by atoms with Crippen molar-refractivity contribution in [1.82, 2.24) is 14.6 Å². The molecule has 0 saturated heterocycles. The summed E-state index contributed by atoms with van der Waals surface area (Å²) in [7, 11) is 0. The van der Waals surface area contributed by atoms with Gasteiger partial charge >= 0.3 is 5.97 Å². The topological polar surface area (TPSA) is 77.8 Å². The van der Waals surface area contributed by atoms with E-state index in [0.29, 0.717) is 0 Å². The van der Waals surface area contributed by atoms with E-state index < -0.39 is 25.0 Å². The zero-order valence-corrected chi connectivity index (χ0v) is 11.1. The Labute approximate surface area is 117 Å². The number of rotatable bonds is 2. The van der Waals surface area contributed by atoms with E-state index in [2.05, 4.69) is 15.4 Å². The van der Waals surface area contributed by atoms with E-state index in [-0.39, 0.29) is 29.4 Å². The van der Waals surface area contributed by atoms with Gasteiger partial charge < -0.3 is 14.8 Å². The summed E-state index contributed by atoms with van der Waals surface area (Å²) in [6, 6.07) is 0. The summed E-state index contributed by atoms with van der Waals surface area (Å²) in [4.78, 5) is 15.9. The van der Waals surface area contributed by atoms with Crippen molar-refractivity contribution >= 4 is 17.4 Å². The molecule has 1 N–H and O–H groups in total. The highest BCUT2D eigenvalue weighted by molar-refractivity contribution is 5.95. The number of fused-ring (bicyclic) bond motifs is 2. The van der Waals surface area contributed by atoms with Crippen molar-refractivity contribution < 1.29 is 23.0 Å². The van der Waals surface area contributed by atoms with Crippen molar-refractivity contribution in [2.45, 2.75) is 12.8 Å². The van der Waals surface area contributed by atoms with Crippen molar-refractivity contribution in [1.29, 1.82) is 0 Å². The molecule has 0 amide bonds. The molecule has 1 aliphatic heterocycles. The predicted molar refractivity (Wildman–Crippen MR) is 67.9 cm³/mol. The number of halogens is 2. The van der Waals surface area contributed by atoms with E-state index in [1.54, 1.807) is 6.92 Å². The third-order valence-corrected chi connectivity index (χ3v) is 2.91. The van der Waals surface area contributed by atoms with Crippen molar-refractivity contribution in [2.24, 2.45) is 0 Å². The Morgan fingerprint density at radius 1 is 1.62 bits per heavy atom. The van der Waals surface area contributed by atoms with Crippen LogP contribution in [0.3, 0.4) is 0 Å². The van der Waals surface area contributed by atoms with Crippen LogP contribution in [0.25, 0.3) is 5.65 Å². The van der Waals surface area contributed by atoms with Gasteiger partial charge in [-0.3, -0.25) is 0 Å². The lowest BCUT2D eigenvalue weighted by molar-refractivity contribution is -0.0248. The molecule has 9 heteroatoms. The van der Waals surface area contributed by atoms with Crippen molar-refractivity contribution in [3.63, 3.8) is 0 Å². The summed E-state index contributed by atoms with van der Waals surface area (Å²) >= 11 is 0. The molecular formula is C12H12F2N4O3. The normalized spacial score (nSPS) is 16.5. The smallest absolute Gasteiger partial charge is 0.343 e. The zero-order valence-electron chi connectivity index (χ0n) is 11.1. The molecule has 0 aromatic carbocycles. The number of carbonyl (C=O) groups is 1. The van der Waals surface area contributed by atoms with E-state index in [9.17, 15) is 13.6 Å². The van der Waals surface area contributed by atoms with Crippen molar-refractivity contribution in [3.05, 3.63) is 18.0 Å². The average molecular weight is 298 g/mol. The molecule has 7 nitrogen and oxygen atoms in total. The highest BCUT2D eigenvalue weighted by atomic mass is 19.3. The van der Waals surface area contributed by atoms with Crippen LogP contribution >= 0.6 is 0 Å². The summed E-state index contributed by atoms with van der Waals surface area (Å²) < 4.78 is 37.8. The Morgan fingerprint density at radius 2 is 2.43 bits per heavy atom. The van der Waals surface area contributed by atoms with Crippen LogP contribution in [-0.2, 0) is 4.74 Å². The zero-order chi connectivity index (χ0) is 15.0. The number of carbonyl (C=O) groups excluding carboxylic acids is 1. The van der Waals surface area contributed by atoms with Gasteiger partial charge in [0.2, 0.25) is 0 Å². The molecule has 112 valence electrons. The van der Waals surface area contributed by atoms with Gasteiger partial charge in [-0.2, -0.15) is 5.10 Å². The Balaban J connectivity index is 2.03. The van der Waals surface area contributed by atoms with Crippen molar-refractivity contribution in [3.8, 4) is 5.75 Å². The minimum Gasteiger partial charge on any atom is -0.482 e. The maximum atomic E-state index is 13.3. The summed E-state index contributed by atoms with van der Waals surface area (Å²) in [6.45, 7) is 0.563. The van der Waals surface area contributed by atoms with Gasteiger partial charge in [-0.15, -0.1) is 0 Å². The summed E-state index contributed by atoms with van der Waals surface area (Å²) in [5.41, 5.74) is 0.381. The summed E-state index contributed by atoms with van der Waals surface area (Å²) in [5.74, 6) is -3.27. The molecule has 2 aromatic rings. The molecule has 0 unspecified atom stereocenters. The van der Waals surface area contributed by atoms with E-state index in [4.69, 9.17) is 9.47 Å². The molecule has 0 atom stereocenters. The third-order valence-electron chi connectivity index (χ3n) is 2.91. The number of anilines is 1. The number of hydrogen-bond acceptors (Lipinski definition) is 6. The molecular weight excluding hydrogens is 286 g/mol. The molecule has 0 fully saturated rings. The maximum absolute atomic E-state index is 13.3. The van der Waals surface area contributed by atoms with E-state index in [1.165, 1.54) is 16.9 Å². The van der Waals surface area contributed by atoms with Crippen molar-refractivity contribution in [2.75, 3.05) is 25.1 Å². The Hall–Kier alpha value is -2.45. The fourth-order valence-corrected chi connectivity index (χ4v) is 1.93. The van der Waals surface area contributed by atoms with E-state index in [0.717, 1.165) is 0 Å². The van der Waals surface area contributed by atoms with Crippen LogP contribution in [0.5, 0.6) is 5.75 Å². The number of ether oxygens (including phenoxy) is 2. The predicted octanol–water partition coefficient (Wildman–Crippen LogP) is 1.35. The number of alkyl halides is 2. The summed E-state index contributed by atoms with van der Waals surface area (Å²) in [6.07, 6.45) is 2.71. The molecule has 3 rings (SSSR count). The number of aromatic nitrogens is 3. The van der Waals surface area contributed by atoms with Crippen LogP contribution in [0.4, 0.5) is 14.6 Å². The molecule has 3 heterocycles. The third kappa shape index (κ3) is 2.46. The lowest BCUT2D eigenvalue weighted by atomic mass is 10.3. The van der Waals surface area contributed by atoms with Gasteiger partial charge in [0.05, 0.1) is 25.5 Å². The number of hydrogen-bond donors (Lipinski definition) is 1. The minimum atomic E-state index is -2.99. The first kappa shape index (κ1) is 13.5. The minimum absolute atomic E-state index is 0.144.